The third kappa shape index (κ3) is 56.1. The van der Waals surface area contributed by atoms with Crippen molar-refractivity contribution in [1.82, 2.24) is 0 Å². The zero-order valence-corrected chi connectivity index (χ0v) is 19.8. The number of hydrogen-bond donors (Lipinski definition) is 2. The summed E-state index contributed by atoms with van der Waals surface area (Å²) in [5.74, 6) is 0. The molecule has 0 unspecified atom stereocenters. The van der Waals surface area contributed by atoms with E-state index < -0.39 is 40.8 Å². The topological polar surface area (TPSA) is 198 Å². The molecule has 2 N–H and O–H groups in total. The van der Waals surface area contributed by atoms with E-state index in [1.807, 2.05) is 0 Å². The molecular weight excluding hydrogens is 741 g/mol. The molecule has 0 aromatic heterocycles. The molecule has 0 aliphatic heterocycles. The van der Waals surface area contributed by atoms with Crippen LogP contribution in [0.15, 0.2) is 0 Å². The Morgan fingerprint density at radius 3 is 0.875 bits per heavy atom. The summed E-state index contributed by atoms with van der Waals surface area (Å²) < 4.78 is 90.8. The van der Waals surface area contributed by atoms with Gasteiger partial charge in [0, 0.05) is 0 Å². The van der Waals surface area contributed by atoms with Crippen molar-refractivity contribution in [1.29, 1.82) is 0 Å². The van der Waals surface area contributed by atoms with E-state index in [4.69, 9.17) is 15.9 Å². The first-order valence-corrected chi connectivity index (χ1v) is 8.38. The van der Waals surface area contributed by atoms with Crippen molar-refractivity contribution in [3.63, 3.8) is 0 Å². The molecule has 0 saturated heterocycles. The predicted octanol–water partition coefficient (Wildman–Crippen LogP) is -5.04. The summed E-state index contributed by atoms with van der Waals surface area (Å²) in [5.41, 5.74) is 0. The first kappa shape index (κ1) is 26.6. The fourth-order valence-electron chi connectivity index (χ4n) is 0.102. The van der Waals surface area contributed by atoms with Crippen LogP contribution < -0.4 is 8.32 Å². The molecule has 16 heteroatoms. The second-order valence-electron chi connectivity index (χ2n) is 1.33. The zero-order chi connectivity index (χ0) is 12.2. The SMILES string of the molecule is [O]=[Cr](=[O])([O-])[O][Cr](=[O])(=[O])[O-].[O]=[Cr](=[O])([OH])[OH].[Tl+].[Tl+]. The molecule has 0 radical (unpaired) electrons. The van der Waals surface area contributed by atoms with Crippen LogP contribution in [0.3, 0.4) is 0 Å². The standard InChI is InChI=1S/3Cr.2H2O.9O.2Tl/h;;;2*1H2;;;;;;;;;;;/q;;+2;;;;;;;;;;2*-1;2*+1/p-2. The van der Waals surface area contributed by atoms with E-state index in [0.29, 0.717) is 0 Å². The molecule has 0 rings (SSSR count). The van der Waals surface area contributed by atoms with Crippen molar-refractivity contribution in [2.75, 3.05) is 0 Å². The molecule has 0 heterocycles. The van der Waals surface area contributed by atoms with Crippen LogP contribution in [0, 0.1) is 0 Å². The summed E-state index contributed by atoms with van der Waals surface area (Å²) in [5, 5.41) is 0. The number of rotatable bonds is 2. The molecule has 0 aromatic carbocycles. The maximum atomic E-state index is 9.38. The zero-order valence-electron chi connectivity index (χ0n) is 6.95. The van der Waals surface area contributed by atoms with Crippen LogP contribution in [0.4, 0.5) is 0 Å². The van der Waals surface area contributed by atoms with Gasteiger partial charge in [-0.2, -0.15) is 0 Å². The third-order valence-electron chi connectivity index (χ3n) is 0.167. The van der Waals surface area contributed by atoms with E-state index in [2.05, 4.69) is 2.84 Å². The molecule has 0 aliphatic carbocycles. The molecule has 11 nitrogen and oxygen atoms in total. The van der Waals surface area contributed by atoms with Gasteiger partial charge in [-0.25, -0.2) is 0 Å². The van der Waals surface area contributed by atoms with Crippen molar-refractivity contribution < 1.29 is 83.1 Å². The van der Waals surface area contributed by atoms with E-state index in [1.54, 1.807) is 0 Å². The molecule has 0 fully saturated rings. The van der Waals surface area contributed by atoms with Gasteiger partial charge < -0.3 is 0 Å². The van der Waals surface area contributed by atoms with Crippen LogP contribution in [0.5, 0.6) is 0 Å². The van der Waals surface area contributed by atoms with Crippen LogP contribution in [-0.2, 0) is 66.5 Å². The summed E-state index contributed by atoms with van der Waals surface area (Å²) >= 11 is -17.4. The Kier molecular flexibility index (Phi) is 16.5. The molecule has 16 heavy (non-hydrogen) atoms. The van der Waals surface area contributed by atoms with Crippen molar-refractivity contribution in [3.8, 4) is 0 Å². The van der Waals surface area contributed by atoms with Crippen molar-refractivity contribution in [2.45, 2.75) is 0 Å². The number of hydrogen-bond acceptors (Lipinski definition) is 9. The molecule has 0 spiro atoms. The van der Waals surface area contributed by atoms with E-state index in [9.17, 15) is 23.5 Å². The summed E-state index contributed by atoms with van der Waals surface area (Å²) in [6.07, 6.45) is 0. The van der Waals surface area contributed by atoms with Crippen molar-refractivity contribution >= 4 is 54.6 Å². The summed E-state index contributed by atoms with van der Waals surface area (Å²) in [4.78, 5) is 0. The van der Waals surface area contributed by atoms with E-state index in [-0.39, 0.29) is 54.6 Å². The minimum absolute atomic E-state index is 0. The quantitative estimate of drug-likeness (QED) is 0.257. The first-order chi connectivity index (χ1) is 5.71. The maximum absolute atomic E-state index is 9.38. The van der Waals surface area contributed by atoms with Gasteiger partial charge in [0.2, 0.25) is 0 Å². The minimum Gasteiger partial charge on any atom is 1.00 e. The normalized spacial score (nSPS) is 11.2. The van der Waals surface area contributed by atoms with Gasteiger partial charge in [0.05, 0.1) is 0 Å². The molecule has 0 saturated carbocycles. The summed E-state index contributed by atoms with van der Waals surface area (Å²) in [6, 6.07) is 0. The minimum atomic E-state index is -6.07. The second kappa shape index (κ2) is 9.90. The third-order valence-corrected chi connectivity index (χ3v) is 2.83. The fourth-order valence-corrected chi connectivity index (χ4v) is 1.74. The largest absolute Gasteiger partial charge is 1.00 e. The fraction of sp³-hybridized carbons (Fsp3) is 0. The van der Waals surface area contributed by atoms with E-state index >= 15 is 0 Å². The van der Waals surface area contributed by atoms with Gasteiger partial charge >= 0.3 is 138 Å². The van der Waals surface area contributed by atoms with Gasteiger partial charge in [0.25, 0.3) is 0 Å². The molecule has 0 bridgehead atoms. The Balaban J connectivity index is -0.0000000904. The van der Waals surface area contributed by atoms with Gasteiger partial charge in [0.1, 0.15) is 0 Å². The second-order valence-corrected chi connectivity index (χ2v) is 6.37. The smallest absolute Gasteiger partial charge is 1.00 e. The Morgan fingerprint density at radius 2 is 0.875 bits per heavy atom. The Labute approximate surface area is 136 Å². The maximum Gasteiger partial charge on any atom is 1.00 e. The van der Waals surface area contributed by atoms with Gasteiger partial charge in [-0.05, 0) is 0 Å². The molecule has 0 aliphatic rings. The van der Waals surface area contributed by atoms with Crippen molar-refractivity contribution in [2.24, 2.45) is 0 Å². The molecule has 0 amide bonds. The van der Waals surface area contributed by atoms with Crippen LogP contribution in [0.25, 0.3) is 0 Å². The Hall–Kier alpha value is 2.04. The van der Waals surface area contributed by atoms with E-state index in [0.717, 1.165) is 0 Å². The summed E-state index contributed by atoms with van der Waals surface area (Å²) in [6.45, 7) is 0. The van der Waals surface area contributed by atoms with Gasteiger partial charge in [-0.15, -0.1) is 0 Å². The van der Waals surface area contributed by atoms with Gasteiger partial charge in [-0.3, -0.25) is 0 Å². The first-order valence-electron chi connectivity index (χ1n) is 2.03. The molecule has 0 aromatic rings. The Bertz CT molecular complexity index is 411. The van der Waals surface area contributed by atoms with Gasteiger partial charge in [-0.1, -0.05) is 0 Å². The van der Waals surface area contributed by atoms with Crippen LogP contribution >= 0.6 is 0 Å². The van der Waals surface area contributed by atoms with Crippen LogP contribution in [0.2, 0.25) is 0 Å². The molecule has 92 valence electrons. The molecule has 0 atom stereocenters. The van der Waals surface area contributed by atoms with E-state index in [1.165, 1.54) is 0 Å². The van der Waals surface area contributed by atoms with Crippen molar-refractivity contribution in [3.05, 3.63) is 0 Å². The predicted molar refractivity (Wildman–Crippen MR) is 21.1 cm³/mol. The summed E-state index contributed by atoms with van der Waals surface area (Å²) in [7, 11) is 0. The average Bonchev–Trinajstić information content (AvgIpc) is 1.42. The Morgan fingerprint density at radius 1 is 0.750 bits per heavy atom. The average molecular weight is 743 g/mol. The van der Waals surface area contributed by atoms with Crippen LogP contribution in [-0.4, -0.2) is 62.9 Å². The molecular formula is H2Cr3O11Tl2. The van der Waals surface area contributed by atoms with Crippen LogP contribution in [0.1, 0.15) is 0 Å². The monoisotopic (exact) mass is 744 g/mol. The van der Waals surface area contributed by atoms with Gasteiger partial charge in [0.15, 0.2) is 0 Å².